The van der Waals surface area contributed by atoms with Crippen LogP contribution in [0.5, 0.6) is 0 Å². The smallest absolute Gasteiger partial charge is 0.0245 e. The molecule has 8 heavy (non-hydrogen) atoms. The first-order valence-corrected chi connectivity index (χ1v) is 3.69. The molecule has 0 aliphatic carbocycles. The maximum Gasteiger partial charge on any atom is 0.0245 e. The molecule has 1 heterocycles. The quantitative estimate of drug-likeness (QED) is 0.480. The molecule has 44 valence electrons. The topological polar surface area (TPSA) is 0 Å². The Bertz CT molecular complexity index is 133. The third-order valence-corrected chi connectivity index (χ3v) is 2.12. The fraction of sp³-hybridized carbons (Fsp3) is 0.429. The Balaban J connectivity index is 2.59. The van der Waals surface area contributed by atoms with Gasteiger partial charge in [-0.25, -0.2) is 0 Å². The zero-order valence-corrected chi connectivity index (χ0v) is 6.03. The number of hydrogen-bond acceptors (Lipinski definition) is 1. The van der Waals surface area contributed by atoms with Crippen LogP contribution >= 0.6 is 11.8 Å². The fourth-order valence-electron chi connectivity index (χ4n) is 0.719. The molecule has 0 saturated heterocycles. The van der Waals surface area contributed by atoms with Gasteiger partial charge < -0.3 is 0 Å². The first-order valence-electron chi connectivity index (χ1n) is 2.81. The summed E-state index contributed by atoms with van der Waals surface area (Å²) in [4.78, 5) is 1.42. The summed E-state index contributed by atoms with van der Waals surface area (Å²) in [7, 11) is 0. The second-order valence-corrected chi connectivity index (χ2v) is 3.61. The van der Waals surface area contributed by atoms with E-state index >= 15 is 0 Å². The van der Waals surface area contributed by atoms with Crippen molar-refractivity contribution >= 4 is 11.8 Å². The minimum Gasteiger partial charge on any atom is -0.124 e. The molecule has 1 atom stereocenters. The van der Waals surface area contributed by atoms with E-state index in [4.69, 9.17) is 0 Å². The normalized spacial score (nSPS) is 27.8. The van der Waals surface area contributed by atoms with Crippen LogP contribution in [0.2, 0.25) is 0 Å². The Labute approximate surface area is 54.7 Å². The van der Waals surface area contributed by atoms with Crippen molar-refractivity contribution in [2.24, 2.45) is 0 Å². The molecule has 0 amide bonds. The Morgan fingerprint density at radius 2 is 2.38 bits per heavy atom. The van der Waals surface area contributed by atoms with Gasteiger partial charge >= 0.3 is 0 Å². The van der Waals surface area contributed by atoms with Gasteiger partial charge in [-0.05, 0) is 18.8 Å². The van der Waals surface area contributed by atoms with Crippen LogP contribution in [0.25, 0.3) is 0 Å². The molecule has 0 bridgehead atoms. The molecule has 1 aliphatic heterocycles. The summed E-state index contributed by atoms with van der Waals surface area (Å²) < 4.78 is 0. The van der Waals surface area contributed by atoms with Gasteiger partial charge in [0.25, 0.3) is 0 Å². The highest BCUT2D eigenvalue weighted by Gasteiger charge is 2.00. The van der Waals surface area contributed by atoms with Gasteiger partial charge in [0.1, 0.15) is 0 Å². The van der Waals surface area contributed by atoms with E-state index in [0.717, 1.165) is 0 Å². The second-order valence-electron chi connectivity index (χ2n) is 1.99. The first kappa shape index (κ1) is 5.96. The van der Waals surface area contributed by atoms with Crippen molar-refractivity contribution < 1.29 is 0 Å². The summed E-state index contributed by atoms with van der Waals surface area (Å²) in [5.41, 5.74) is 0. The average Bonchev–Trinajstić information content (AvgIpc) is 1.64. The molecule has 1 heteroatoms. The molecule has 1 unspecified atom stereocenters. The van der Waals surface area contributed by atoms with Crippen molar-refractivity contribution in [2.75, 3.05) is 0 Å². The summed E-state index contributed by atoms with van der Waals surface area (Å²) in [6.45, 7) is 4.35. The molecule has 0 nitrogen and oxygen atoms in total. The van der Waals surface area contributed by atoms with Gasteiger partial charge in [0.15, 0.2) is 0 Å². The van der Waals surface area contributed by atoms with Crippen LogP contribution in [0.3, 0.4) is 0 Å². The predicted octanol–water partition coefficient (Wildman–Crippen LogP) is 2.58. The lowest BCUT2D eigenvalue weighted by atomic mass is 10.4. The van der Waals surface area contributed by atoms with Crippen molar-refractivity contribution in [3.63, 3.8) is 0 Å². The van der Waals surface area contributed by atoms with Crippen LogP contribution in [0.15, 0.2) is 23.1 Å². The van der Waals surface area contributed by atoms with Gasteiger partial charge in [0.05, 0.1) is 0 Å². The van der Waals surface area contributed by atoms with Gasteiger partial charge in [0, 0.05) is 5.25 Å². The van der Waals surface area contributed by atoms with Crippen molar-refractivity contribution in [3.05, 3.63) is 23.1 Å². The summed E-state index contributed by atoms with van der Waals surface area (Å²) in [6, 6.07) is 0. The minimum atomic E-state index is 0.681. The molecule has 0 spiro atoms. The van der Waals surface area contributed by atoms with Gasteiger partial charge in [0.2, 0.25) is 0 Å². The van der Waals surface area contributed by atoms with Gasteiger partial charge in [-0.2, -0.15) is 0 Å². The van der Waals surface area contributed by atoms with E-state index in [9.17, 15) is 0 Å². The lowest BCUT2D eigenvalue weighted by Gasteiger charge is -2.08. The van der Waals surface area contributed by atoms with Crippen LogP contribution < -0.4 is 0 Å². The summed E-state index contributed by atoms with van der Waals surface area (Å²) in [6.07, 6.45) is 6.47. The van der Waals surface area contributed by atoms with Gasteiger partial charge in [-0.3, -0.25) is 0 Å². The lowest BCUT2D eigenvalue weighted by Crippen LogP contribution is -1.91. The Hall–Kier alpha value is -0.170. The zero-order valence-electron chi connectivity index (χ0n) is 5.22. The third-order valence-electron chi connectivity index (χ3n) is 1.08. The molecular formula is C7H10S. The fourth-order valence-corrected chi connectivity index (χ4v) is 1.63. The monoisotopic (exact) mass is 126 g/mol. The largest absolute Gasteiger partial charge is 0.124 e. The molecule has 0 radical (unpaired) electrons. The second kappa shape index (κ2) is 2.40. The van der Waals surface area contributed by atoms with Gasteiger partial charge in [-0.1, -0.05) is 18.2 Å². The summed E-state index contributed by atoms with van der Waals surface area (Å²) >= 11 is 1.92. The van der Waals surface area contributed by atoms with Crippen molar-refractivity contribution in [2.45, 2.75) is 19.1 Å². The zero-order chi connectivity index (χ0) is 5.98. The SMILES string of the molecule is CC1=CC=CC(C)S1. The molecule has 0 N–H and O–H groups in total. The molecule has 0 aromatic carbocycles. The minimum absolute atomic E-state index is 0.681. The highest BCUT2D eigenvalue weighted by molar-refractivity contribution is 8.03. The molecule has 0 fully saturated rings. The van der Waals surface area contributed by atoms with E-state index in [-0.39, 0.29) is 0 Å². The lowest BCUT2D eigenvalue weighted by molar-refractivity contribution is 1.24. The van der Waals surface area contributed by atoms with E-state index in [1.807, 2.05) is 11.8 Å². The first-order chi connectivity index (χ1) is 3.79. The highest BCUT2D eigenvalue weighted by atomic mass is 32.2. The predicted molar refractivity (Wildman–Crippen MR) is 40.0 cm³/mol. The third kappa shape index (κ3) is 1.41. The number of rotatable bonds is 0. The maximum atomic E-state index is 2.21. The van der Waals surface area contributed by atoms with E-state index < -0.39 is 0 Å². The van der Waals surface area contributed by atoms with E-state index in [0.29, 0.717) is 5.25 Å². The van der Waals surface area contributed by atoms with E-state index in [2.05, 4.69) is 32.1 Å². The van der Waals surface area contributed by atoms with Crippen molar-refractivity contribution in [1.29, 1.82) is 0 Å². The molecule has 1 aliphatic rings. The molecular weight excluding hydrogens is 116 g/mol. The Morgan fingerprint density at radius 1 is 1.62 bits per heavy atom. The van der Waals surface area contributed by atoms with Crippen LogP contribution in [-0.2, 0) is 0 Å². The maximum absolute atomic E-state index is 2.21. The number of thioether (sulfide) groups is 1. The van der Waals surface area contributed by atoms with Gasteiger partial charge in [-0.15, -0.1) is 11.8 Å². The highest BCUT2D eigenvalue weighted by Crippen LogP contribution is 2.24. The van der Waals surface area contributed by atoms with Crippen LogP contribution in [0, 0.1) is 0 Å². The van der Waals surface area contributed by atoms with Crippen LogP contribution in [0.4, 0.5) is 0 Å². The van der Waals surface area contributed by atoms with Crippen molar-refractivity contribution in [3.8, 4) is 0 Å². The molecule has 0 aromatic heterocycles. The van der Waals surface area contributed by atoms with Crippen LogP contribution in [0.1, 0.15) is 13.8 Å². The summed E-state index contributed by atoms with van der Waals surface area (Å²) in [5.74, 6) is 0. The van der Waals surface area contributed by atoms with Crippen molar-refractivity contribution in [1.82, 2.24) is 0 Å². The van der Waals surface area contributed by atoms with Crippen LogP contribution in [-0.4, -0.2) is 5.25 Å². The number of allylic oxidation sites excluding steroid dienone is 3. The number of hydrogen-bond donors (Lipinski definition) is 0. The van der Waals surface area contributed by atoms with E-state index in [1.54, 1.807) is 0 Å². The summed E-state index contributed by atoms with van der Waals surface area (Å²) in [5, 5.41) is 0.681. The van der Waals surface area contributed by atoms with E-state index in [1.165, 1.54) is 4.91 Å². The molecule has 1 rings (SSSR count). The molecule has 0 saturated carbocycles. The Kier molecular flexibility index (Phi) is 1.79. The molecule has 0 aromatic rings. The standard InChI is InChI=1S/C7H10S/c1-6-4-3-5-7(2)8-6/h3-6H,1-2H3. The average molecular weight is 126 g/mol. The Morgan fingerprint density at radius 3 is 2.75 bits per heavy atom.